The van der Waals surface area contributed by atoms with E-state index in [2.05, 4.69) is 11.7 Å². The Kier molecular flexibility index (Phi) is 7.15. The van der Waals surface area contributed by atoms with Gasteiger partial charge in [0, 0.05) is 13.0 Å². The molecule has 0 N–H and O–H groups in total. The van der Waals surface area contributed by atoms with Crippen molar-refractivity contribution in [3.8, 4) is 0 Å². The molecule has 1 unspecified atom stereocenters. The molecule has 0 bridgehead atoms. The summed E-state index contributed by atoms with van der Waals surface area (Å²) in [5.41, 5.74) is 0. The molecule has 0 aliphatic carbocycles. The highest BCUT2D eigenvalue weighted by Crippen LogP contribution is 1.97. The van der Waals surface area contributed by atoms with Crippen molar-refractivity contribution in [1.29, 1.82) is 0 Å². The molecule has 3 nitrogen and oxygen atoms in total. The molecular formula is C8H16O3. The number of rotatable bonds is 7. The van der Waals surface area contributed by atoms with Crippen LogP contribution in [0.2, 0.25) is 0 Å². The van der Waals surface area contributed by atoms with Crippen LogP contribution in [0.3, 0.4) is 0 Å². The summed E-state index contributed by atoms with van der Waals surface area (Å²) in [6.07, 6.45) is 1.99. The van der Waals surface area contributed by atoms with Gasteiger partial charge in [-0.05, 0) is 13.3 Å². The summed E-state index contributed by atoms with van der Waals surface area (Å²) < 4.78 is 9.87. The summed E-state index contributed by atoms with van der Waals surface area (Å²) in [7, 11) is 0. The average Bonchev–Trinajstić information content (AvgIpc) is 2.01. The number of carbonyl (C=O) groups excluding carboxylic acids is 1. The van der Waals surface area contributed by atoms with Gasteiger partial charge in [-0.15, -0.1) is 0 Å². The maximum Gasteiger partial charge on any atom is 0.293 e. The Bertz CT molecular complexity index is 93.3. The van der Waals surface area contributed by atoms with Crippen molar-refractivity contribution < 1.29 is 14.3 Å². The van der Waals surface area contributed by atoms with Gasteiger partial charge in [-0.2, -0.15) is 0 Å². The lowest BCUT2D eigenvalue weighted by Crippen LogP contribution is -2.11. The number of ether oxygens (including phenoxy) is 2. The molecule has 0 aromatic carbocycles. The van der Waals surface area contributed by atoms with Crippen LogP contribution in [-0.4, -0.2) is 25.8 Å². The monoisotopic (exact) mass is 160 g/mol. The molecule has 0 aromatic heterocycles. The average molecular weight is 160 g/mol. The first kappa shape index (κ1) is 10.4. The highest BCUT2D eigenvalue weighted by Gasteiger charge is 1.99. The Balaban J connectivity index is 3.08. The minimum atomic E-state index is 0.190. The normalized spacial score (nSPS) is 12.5. The zero-order chi connectivity index (χ0) is 8.53. The molecule has 1 atom stereocenters. The minimum Gasteiger partial charge on any atom is -0.468 e. The second kappa shape index (κ2) is 7.54. The van der Waals surface area contributed by atoms with Crippen LogP contribution in [0.5, 0.6) is 0 Å². The lowest BCUT2D eigenvalue weighted by molar-refractivity contribution is -0.129. The predicted molar refractivity (Wildman–Crippen MR) is 42.3 cm³/mol. The molecule has 0 rings (SSSR count). The zero-order valence-electron chi connectivity index (χ0n) is 7.21. The van der Waals surface area contributed by atoms with Crippen molar-refractivity contribution >= 4 is 6.47 Å². The van der Waals surface area contributed by atoms with Crippen molar-refractivity contribution in [3.05, 3.63) is 0 Å². The quantitative estimate of drug-likeness (QED) is 0.416. The molecule has 0 amide bonds. The molecular weight excluding hydrogens is 144 g/mol. The molecule has 0 spiro atoms. The van der Waals surface area contributed by atoms with Crippen LogP contribution in [0.4, 0.5) is 0 Å². The molecule has 0 aromatic rings. The van der Waals surface area contributed by atoms with E-state index in [1.165, 1.54) is 0 Å². The topological polar surface area (TPSA) is 35.5 Å². The van der Waals surface area contributed by atoms with E-state index in [0.717, 1.165) is 19.4 Å². The van der Waals surface area contributed by atoms with Gasteiger partial charge in [-0.3, -0.25) is 4.79 Å². The largest absolute Gasteiger partial charge is 0.468 e. The van der Waals surface area contributed by atoms with Crippen LogP contribution >= 0.6 is 0 Å². The van der Waals surface area contributed by atoms with Crippen LogP contribution in [0.25, 0.3) is 0 Å². The van der Waals surface area contributed by atoms with Gasteiger partial charge in [-0.25, -0.2) is 0 Å². The summed E-state index contributed by atoms with van der Waals surface area (Å²) in [6.45, 7) is 5.74. The Hall–Kier alpha value is -0.570. The van der Waals surface area contributed by atoms with E-state index in [0.29, 0.717) is 13.1 Å². The van der Waals surface area contributed by atoms with E-state index in [1.54, 1.807) is 0 Å². The van der Waals surface area contributed by atoms with E-state index < -0.39 is 0 Å². The molecule has 0 fully saturated rings. The zero-order valence-corrected chi connectivity index (χ0v) is 7.21. The van der Waals surface area contributed by atoms with Gasteiger partial charge in [0.25, 0.3) is 6.47 Å². The summed E-state index contributed by atoms with van der Waals surface area (Å²) >= 11 is 0. The van der Waals surface area contributed by atoms with Crippen LogP contribution in [0.15, 0.2) is 0 Å². The van der Waals surface area contributed by atoms with Crippen LogP contribution in [-0.2, 0) is 14.3 Å². The highest BCUT2D eigenvalue weighted by atomic mass is 16.5. The molecule has 0 aliphatic heterocycles. The second-order valence-corrected chi connectivity index (χ2v) is 2.44. The third-order valence-corrected chi connectivity index (χ3v) is 1.32. The fourth-order valence-corrected chi connectivity index (χ4v) is 0.684. The van der Waals surface area contributed by atoms with Gasteiger partial charge in [0.05, 0.1) is 12.7 Å². The van der Waals surface area contributed by atoms with Gasteiger partial charge < -0.3 is 9.47 Å². The van der Waals surface area contributed by atoms with Gasteiger partial charge in [0.15, 0.2) is 0 Å². The molecule has 11 heavy (non-hydrogen) atoms. The van der Waals surface area contributed by atoms with Crippen molar-refractivity contribution in [2.75, 3.05) is 13.2 Å². The third kappa shape index (κ3) is 7.33. The molecule has 3 heteroatoms. The predicted octanol–water partition coefficient (Wildman–Crippen LogP) is 1.36. The summed E-state index contributed by atoms with van der Waals surface area (Å²) in [6, 6.07) is 0. The van der Waals surface area contributed by atoms with Gasteiger partial charge in [0.2, 0.25) is 0 Å². The maximum absolute atomic E-state index is 9.74. The first-order chi connectivity index (χ1) is 5.31. The lowest BCUT2D eigenvalue weighted by Gasteiger charge is -2.10. The number of carbonyl (C=O) groups is 1. The third-order valence-electron chi connectivity index (χ3n) is 1.32. The van der Waals surface area contributed by atoms with Crippen molar-refractivity contribution in [2.24, 2.45) is 0 Å². The number of hydrogen-bond donors (Lipinski definition) is 0. The molecule has 0 saturated carbocycles. The molecule has 0 aliphatic rings. The molecule has 0 saturated heterocycles. The smallest absolute Gasteiger partial charge is 0.293 e. The molecule has 66 valence electrons. The first-order valence-corrected chi connectivity index (χ1v) is 3.98. The van der Waals surface area contributed by atoms with Gasteiger partial charge >= 0.3 is 0 Å². The number of hydrogen-bond acceptors (Lipinski definition) is 3. The second-order valence-electron chi connectivity index (χ2n) is 2.44. The first-order valence-electron chi connectivity index (χ1n) is 3.98. The SMILES string of the molecule is CCCOC(C)CCOC=O. The molecule has 0 radical (unpaired) electrons. The Morgan fingerprint density at radius 2 is 2.18 bits per heavy atom. The Labute approximate surface area is 67.7 Å². The van der Waals surface area contributed by atoms with Crippen molar-refractivity contribution in [2.45, 2.75) is 32.8 Å². The highest BCUT2D eigenvalue weighted by molar-refractivity contribution is 5.36. The Morgan fingerprint density at radius 3 is 2.73 bits per heavy atom. The van der Waals surface area contributed by atoms with Crippen molar-refractivity contribution in [3.63, 3.8) is 0 Å². The van der Waals surface area contributed by atoms with E-state index in [1.807, 2.05) is 6.92 Å². The summed E-state index contributed by atoms with van der Waals surface area (Å²) in [5.74, 6) is 0. The fraction of sp³-hybridized carbons (Fsp3) is 0.875. The summed E-state index contributed by atoms with van der Waals surface area (Å²) in [5, 5.41) is 0. The van der Waals surface area contributed by atoms with Gasteiger partial charge in [-0.1, -0.05) is 6.92 Å². The van der Waals surface area contributed by atoms with Crippen molar-refractivity contribution in [1.82, 2.24) is 0 Å². The van der Waals surface area contributed by atoms with Crippen LogP contribution < -0.4 is 0 Å². The summed E-state index contributed by atoms with van der Waals surface area (Å²) in [4.78, 5) is 9.74. The Morgan fingerprint density at radius 1 is 1.45 bits per heavy atom. The van der Waals surface area contributed by atoms with E-state index >= 15 is 0 Å². The van der Waals surface area contributed by atoms with Crippen LogP contribution in [0.1, 0.15) is 26.7 Å². The van der Waals surface area contributed by atoms with E-state index in [4.69, 9.17) is 4.74 Å². The van der Waals surface area contributed by atoms with Gasteiger partial charge in [0.1, 0.15) is 0 Å². The van der Waals surface area contributed by atoms with E-state index in [9.17, 15) is 4.79 Å². The minimum absolute atomic E-state index is 0.190. The maximum atomic E-state index is 9.74. The molecule has 0 heterocycles. The van der Waals surface area contributed by atoms with Crippen LogP contribution in [0, 0.1) is 0 Å². The lowest BCUT2D eigenvalue weighted by atomic mass is 10.3. The standard InChI is InChI=1S/C8H16O3/c1-3-5-11-8(2)4-6-10-7-9/h7-8H,3-6H2,1-2H3. The fourth-order valence-electron chi connectivity index (χ4n) is 0.684. The van der Waals surface area contributed by atoms with E-state index in [-0.39, 0.29) is 6.10 Å².